The van der Waals surface area contributed by atoms with Gasteiger partial charge in [0.15, 0.2) is 5.96 Å². The molecular weight excluding hydrogens is 558 g/mol. The molecule has 0 amide bonds. The molecule has 8 nitrogen and oxygen atoms in total. The first-order valence-corrected chi connectivity index (χ1v) is 14.0. The van der Waals surface area contributed by atoms with Crippen LogP contribution in [0.15, 0.2) is 71.9 Å². The van der Waals surface area contributed by atoms with Gasteiger partial charge in [0.25, 0.3) is 0 Å². The second kappa shape index (κ2) is 11.5. The number of halogens is 3. The number of fused-ring (bicyclic) bond motifs is 3. The zero-order valence-corrected chi connectivity index (χ0v) is 23.9. The lowest BCUT2D eigenvalue weighted by atomic mass is 9.95. The fraction of sp³-hybridized carbons (Fsp3) is 0.226. The Morgan fingerprint density at radius 1 is 1.10 bits per heavy atom. The van der Waals surface area contributed by atoms with Gasteiger partial charge in [0.2, 0.25) is 5.95 Å². The highest BCUT2D eigenvalue weighted by Gasteiger charge is 2.26. The molecule has 0 saturated carbocycles. The molecule has 42 heavy (non-hydrogen) atoms. The largest absolute Gasteiger partial charge is 0.340 e. The zero-order chi connectivity index (χ0) is 29.4. The summed E-state index contributed by atoms with van der Waals surface area (Å²) in [6.07, 6.45) is 1.67. The second-order valence-corrected chi connectivity index (χ2v) is 10.8. The van der Waals surface area contributed by atoms with Crippen molar-refractivity contribution in [2.75, 3.05) is 36.9 Å². The highest BCUT2D eigenvalue weighted by molar-refractivity contribution is 6.31. The summed E-state index contributed by atoms with van der Waals surface area (Å²) in [7, 11) is 1.88. The van der Waals surface area contributed by atoms with Gasteiger partial charge in [0.1, 0.15) is 11.6 Å². The number of piperazine rings is 1. The number of nitrogens with zero attached hydrogens (tertiary/aromatic N) is 5. The summed E-state index contributed by atoms with van der Waals surface area (Å²) in [5, 5.41) is 15.8. The van der Waals surface area contributed by atoms with Crippen LogP contribution in [-0.4, -0.2) is 59.3 Å². The lowest BCUT2D eigenvalue weighted by molar-refractivity contribution is 0.299. The first-order chi connectivity index (χ1) is 20.3. The summed E-state index contributed by atoms with van der Waals surface area (Å²) in [5.74, 6) is -0.632. The molecule has 11 heteroatoms. The minimum atomic E-state index is -0.705. The average Bonchev–Trinajstić information content (AvgIpc) is 3.13. The smallest absolute Gasteiger partial charge is 0.227 e. The van der Waals surface area contributed by atoms with Gasteiger partial charge in [0.05, 0.1) is 23.5 Å². The fourth-order valence-corrected chi connectivity index (χ4v) is 5.47. The van der Waals surface area contributed by atoms with Crippen LogP contribution >= 0.6 is 11.6 Å². The number of hydrogen-bond donors (Lipinski definition) is 3. The zero-order valence-electron chi connectivity index (χ0n) is 23.1. The molecule has 1 atom stereocenters. The van der Waals surface area contributed by atoms with Crippen LogP contribution < -0.4 is 15.5 Å². The molecule has 0 bridgehead atoms. The molecule has 3 N–H and O–H groups in total. The predicted octanol–water partition coefficient (Wildman–Crippen LogP) is 5.83. The van der Waals surface area contributed by atoms with E-state index in [0.717, 1.165) is 31.0 Å². The number of aliphatic imine (C=N–C) groups is 1. The van der Waals surface area contributed by atoms with E-state index in [1.807, 2.05) is 36.2 Å². The topological polar surface area (TPSA) is 92.5 Å². The summed E-state index contributed by atoms with van der Waals surface area (Å²) in [4.78, 5) is 17.8. The van der Waals surface area contributed by atoms with Gasteiger partial charge in [-0.1, -0.05) is 29.8 Å². The van der Waals surface area contributed by atoms with E-state index in [0.29, 0.717) is 45.4 Å². The van der Waals surface area contributed by atoms with Gasteiger partial charge in [-0.15, -0.1) is 0 Å². The number of hydrogen-bond acceptors (Lipinski definition) is 6. The molecule has 3 heterocycles. The monoisotopic (exact) mass is 586 g/mol. The highest BCUT2D eigenvalue weighted by Crippen LogP contribution is 2.35. The molecule has 2 aliphatic rings. The lowest BCUT2D eigenvalue weighted by Gasteiger charge is -2.36. The van der Waals surface area contributed by atoms with Gasteiger partial charge >= 0.3 is 0 Å². The molecule has 1 saturated heterocycles. The third-order valence-electron chi connectivity index (χ3n) is 7.44. The van der Waals surface area contributed by atoms with Gasteiger partial charge in [-0.3, -0.25) is 10.4 Å². The number of nitrogens with one attached hydrogen (secondary N) is 3. The van der Waals surface area contributed by atoms with Gasteiger partial charge < -0.3 is 20.4 Å². The van der Waals surface area contributed by atoms with Crippen LogP contribution in [0.3, 0.4) is 0 Å². The SMILES string of the molecule is CC1CN(C(=N)N(C)c2cccc(Nc3ncc4c(n3)-c3ccc(Cl)cc3C(c3c(F)cccc3F)=NC4)c2)CCN1. The van der Waals surface area contributed by atoms with E-state index in [1.165, 1.54) is 18.2 Å². The van der Waals surface area contributed by atoms with E-state index in [-0.39, 0.29) is 17.8 Å². The molecule has 0 radical (unpaired) electrons. The molecule has 1 fully saturated rings. The highest BCUT2D eigenvalue weighted by atomic mass is 35.5. The maximum atomic E-state index is 14.8. The van der Waals surface area contributed by atoms with Crippen molar-refractivity contribution in [1.82, 2.24) is 20.2 Å². The first kappa shape index (κ1) is 27.7. The summed E-state index contributed by atoms with van der Waals surface area (Å²) in [5.41, 5.74) is 3.99. The van der Waals surface area contributed by atoms with Crippen LogP contribution in [-0.2, 0) is 6.54 Å². The van der Waals surface area contributed by atoms with Crippen molar-refractivity contribution >= 4 is 40.6 Å². The minimum absolute atomic E-state index is 0.137. The molecule has 0 aliphatic carbocycles. The van der Waals surface area contributed by atoms with Crippen molar-refractivity contribution in [3.05, 3.63) is 100 Å². The summed E-state index contributed by atoms with van der Waals surface area (Å²) in [6, 6.07) is 16.9. The number of benzene rings is 3. The Hall–Kier alpha value is -4.41. The Morgan fingerprint density at radius 2 is 1.88 bits per heavy atom. The molecule has 1 aromatic heterocycles. The molecule has 2 aliphatic heterocycles. The molecule has 214 valence electrons. The van der Waals surface area contributed by atoms with E-state index in [1.54, 1.807) is 24.4 Å². The van der Waals surface area contributed by atoms with Crippen molar-refractivity contribution in [2.45, 2.75) is 19.5 Å². The average molecular weight is 587 g/mol. The van der Waals surface area contributed by atoms with Crippen molar-refractivity contribution in [1.29, 1.82) is 5.41 Å². The van der Waals surface area contributed by atoms with Gasteiger partial charge in [-0.25, -0.2) is 18.7 Å². The van der Waals surface area contributed by atoms with Gasteiger partial charge in [-0.2, -0.15) is 0 Å². The van der Waals surface area contributed by atoms with Crippen molar-refractivity contribution in [3.8, 4) is 11.3 Å². The van der Waals surface area contributed by atoms with E-state index >= 15 is 0 Å². The lowest BCUT2D eigenvalue weighted by Crippen LogP contribution is -2.54. The Labute approximate surface area is 247 Å². The molecule has 4 aromatic rings. The first-order valence-electron chi connectivity index (χ1n) is 13.6. The van der Waals surface area contributed by atoms with Crippen molar-refractivity contribution in [3.63, 3.8) is 0 Å². The Kier molecular flexibility index (Phi) is 7.57. The molecule has 0 spiro atoms. The Morgan fingerprint density at radius 3 is 2.67 bits per heavy atom. The fourth-order valence-electron chi connectivity index (χ4n) is 5.30. The molecular formula is C31H29ClF2N8. The third kappa shape index (κ3) is 5.43. The van der Waals surface area contributed by atoms with Gasteiger partial charge in [-0.05, 0) is 49.4 Å². The maximum Gasteiger partial charge on any atom is 0.227 e. The number of anilines is 3. The van der Waals surface area contributed by atoms with Crippen LogP contribution in [0.2, 0.25) is 5.02 Å². The quantitative estimate of drug-likeness (QED) is 0.206. The Balaban J connectivity index is 1.31. The number of rotatable bonds is 4. The van der Waals surface area contributed by atoms with Crippen LogP contribution in [0.4, 0.5) is 26.1 Å². The number of guanidine groups is 1. The summed E-state index contributed by atoms with van der Waals surface area (Å²) < 4.78 is 29.7. The molecule has 6 rings (SSSR count). The molecule has 3 aromatic carbocycles. The van der Waals surface area contributed by atoms with Crippen LogP contribution in [0, 0.1) is 17.0 Å². The summed E-state index contributed by atoms with van der Waals surface area (Å²) >= 11 is 6.33. The maximum absolute atomic E-state index is 14.8. The van der Waals surface area contributed by atoms with Gasteiger partial charge in [0, 0.05) is 72.0 Å². The van der Waals surface area contributed by atoms with Crippen molar-refractivity contribution in [2.24, 2.45) is 4.99 Å². The standard InChI is InChI=1S/C31H29ClF2N8/c1-18-17-42(12-11-36-18)30(35)41(2)22-6-3-5-21(14-22)39-31-38-16-19-15-37-29(27-25(33)7-4-8-26(27)34)24-13-20(32)9-10-23(24)28(19)40-31/h3-10,13-14,16,18,35-36H,11-12,15,17H2,1-2H3,(H,38,39,40). The second-order valence-electron chi connectivity index (χ2n) is 10.4. The molecule has 1 unspecified atom stereocenters. The Bertz CT molecular complexity index is 1690. The minimum Gasteiger partial charge on any atom is -0.340 e. The van der Waals surface area contributed by atoms with E-state index in [4.69, 9.17) is 22.0 Å². The van der Waals surface area contributed by atoms with Crippen LogP contribution in [0.5, 0.6) is 0 Å². The van der Waals surface area contributed by atoms with Crippen LogP contribution in [0.1, 0.15) is 23.6 Å². The van der Waals surface area contributed by atoms with E-state index in [2.05, 4.69) is 32.4 Å². The van der Waals surface area contributed by atoms with Crippen LogP contribution in [0.25, 0.3) is 11.3 Å². The third-order valence-corrected chi connectivity index (χ3v) is 7.67. The summed E-state index contributed by atoms with van der Waals surface area (Å²) in [6.45, 7) is 4.63. The normalized spacial score (nSPS) is 16.2. The van der Waals surface area contributed by atoms with Crippen molar-refractivity contribution < 1.29 is 8.78 Å². The number of aromatic nitrogens is 2. The predicted molar refractivity (Wildman–Crippen MR) is 163 cm³/mol. The van der Waals surface area contributed by atoms with E-state index < -0.39 is 11.6 Å². The van der Waals surface area contributed by atoms with E-state index in [9.17, 15) is 8.78 Å².